The summed E-state index contributed by atoms with van der Waals surface area (Å²) >= 11 is 7.55. The van der Waals surface area contributed by atoms with Crippen LogP contribution >= 0.6 is 22.9 Å². The topological polar surface area (TPSA) is 88.6 Å². The fraction of sp³-hybridized carbons (Fsp3) is 0.500. The van der Waals surface area contributed by atoms with Crippen LogP contribution in [0.5, 0.6) is 0 Å². The van der Waals surface area contributed by atoms with Crippen molar-refractivity contribution in [3.05, 3.63) is 41.3 Å². The molecule has 4 atom stereocenters. The number of nitrogens with one attached hydrogen (secondary N) is 1. The minimum absolute atomic E-state index is 0.0208. The zero-order chi connectivity index (χ0) is 23.8. The third-order valence-corrected chi connectivity index (χ3v) is 8.45. The summed E-state index contributed by atoms with van der Waals surface area (Å²) in [6, 6.07) is 3.43. The second-order valence-electron chi connectivity index (χ2n) is 9.06. The predicted molar refractivity (Wildman–Crippen MR) is 125 cm³/mol. The predicted octanol–water partition coefficient (Wildman–Crippen LogP) is 3.41. The average molecular weight is 506 g/mol. The maximum atomic E-state index is 14.1. The van der Waals surface area contributed by atoms with Gasteiger partial charge in [-0.05, 0) is 37.0 Å². The molecule has 2 saturated heterocycles. The van der Waals surface area contributed by atoms with Crippen LogP contribution in [-0.2, 0) is 14.3 Å². The monoisotopic (exact) mass is 505 g/mol. The Hall–Kier alpha value is -2.36. The number of alkyl halides is 1. The van der Waals surface area contributed by atoms with Gasteiger partial charge in [0, 0.05) is 23.2 Å². The van der Waals surface area contributed by atoms with E-state index >= 15 is 0 Å². The van der Waals surface area contributed by atoms with Crippen LogP contribution in [-0.4, -0.2) is 64.2 Å². The molecule has 3 aliphatic rings. The van der Waals surface area contributed by atoms with Crippen LogP contribution in [0, 0.1) is 11.7 Å². The number of ketones is 1. The molecule has 5 rings (SSSR count). The fourth-order valence-corrected chi connectivity index (χ4v) is 6.54. The number of ether oxygens (including phenoxy) is 1. The maximum absolute atomic E-state index is 14.1. The van der Waals surface area contributed by atoms with Crippen molar-refractivity contribution in [3.63, 3.8) is 0 Å². The number of hydrogen-bond donors (Lipinski definition) is 1. The van der Waals surface area contributed by atoms with E-state index in [1.807, 2.05) is 0 Å². The van der Waals surface area contributed by atoms with Gasteiger partial charge < -0.3 is 15.0 Å². The number of fused-ring (bicyclic) bond motifs is 1. The molecule has 4 heterocycles. The van der Waals surface area contributed by atoms with E-state index < -0.39 is 29.4 Å². The van der Waals surface area contributed by atoms with Crippen LogP contribution < -0.4 is 5.32 Å². The van der Waals surface area contributed by atoms with Crippen LogP contribution in [0.25, 0.3) is 10.4 Å². The van der Waals surface area contributed by atoms with Gasteiger partial charge in [0.15, 0.2) is 5.78 Å². The van der Waals surface area contributed by atoms with Crippen LogP contribution in [0.4, 0.5) is 4.39 Å². The molecule has 1 N–H and O–H groups in total. The largest absolute Gasteiger partial charge is 0.366 e. The molecule has 2 amide bonds. The molecule has 1 aliphatic carbocycles. The first-order valence-corrected chi connectivity index (χ1v) is 12.8. The Morgan fingerprint density at radius 2 is 2.03 bits per heavy atom. The van der Waals surface area contributed by atoms with Crippen LogP contribution in [0.1, 0.15) is 41.8 Å². The van der Waals surface area contributed by atoms with Crippen molar-refractivity contribution in [1.82, 2.24) is 15.2 Å². The molecule has 2 aromatic rings. The Bertz CT molecular complexity index is 1110. The van der Waals surface area contributed by atoms with Crippen molar-refractivity contribution in [2.45, 2.75) is 55.7 Å². The number of aromatic nitrogens is 1. The van der Waals surface area contributed by atoms with Gasteiger partial charge in [-0.2, -0.15) is 0 Å². The first kappa shape index (κ1) is 23.4. The van der Waals surface area contributed by atoms with Crippen LogP contribution in [0.2, 0.25) is 0 Å². The van der Waals surface area contributed by atoms with Crippen molar-refractivity contribution in [2.75, 3.05) is 13.2 Å². The number of likely N-dealkylation sites (tertiary alicyclic amines) is 1. The third kappa shape index (κ3) is 4.36. The van der Waals surface area contributed by atoms with Crippen molar-refractivity contribution in [3.8, 4) is 10.4 Å². The van der Waals surface area contributed by atoms with E-state index in [4.69, 9.17) is 16.3 Å². The molecule has 7 nitrogen and oxygen atoms in total. The molecule has 34 heavy (non-hydrogen) atoms. The van der Waals surface area contributed by atoms with E-state index in [9.17, 15) is 18.8 Å². The van der Waals surface area contributed by atoms with Crippen LogP contribution in [0.3, 0.4) is 0 Å². The second kappa shape index (κ2) is 9.71. The van der Waals surface area contributed by atoms with Crippen molar-refractivity contribution < 1.29 is 23.5 Å². The van der Waals surface area contributed by atoms with Gasteiger partial charge in [0.2, 0.25) is 5.91 Å². The standard InChI is InChI=1S/C24H25ClFN3O4S/c25-15-11-29(21-17(30)12-33-22(15)21)24(32)20(13-4-2-1-3-5-13)28-23(31)19-7-6-18(34-19)14-8-9-27-10-16(14)26/h6-10,13,15,20-22H,1-5,11-12H2,(H,28,31). The third-order valence-electron chi connectivity index (χ3n) is 6.95. The highest BCUT2D eigenvalue weighted by atomic mass is 35.5. The summed E-state index contributed by atoms with van der Waals surface area (Å²) in [6.07, 6.45) is 6.85. The van der Waals surface area contributed by atoms with Crippen molar-refractivity contribution >= 4 is 40.5 Å². The van der Waals surface area contributed by atoms with E-state index in [0.717, 1.165) is 49.6 Å². The van der Waals surface area contributed by atoms with Gasteiger partial charge in [0.05, 0.1) is 16.5 Å². The number of hydrogen-bond acceptors (Lipinski definition) is 6. The molecule has 2 aromatic heterocycles. The summed E-state index contributed by atoms with van der Waals surface area (Å²) < 4.78 is 19.6. The van der Waals surface area contributed by atoms with E-state index in [1.54, 1.807) is 18.2 Å². The number of nitrogens with zero attached hydrogens (tertiary/aromatic N) is 2. The first-order valence-electron chi connectivity index (χ1n) is 11.5. The van der Waals surface area contributed by atoms with E-state index in [1.165, 1.54) is 11.1 Å². The number of rotatable bonds is 5. The highest BCUT2D eigenvalue weighted by Crippen LogP contribution is 2.34. The van der Waals surface area contributed by atoms with Gasteiger partial charge in [0.1, 0.15) is 30.6 Å². The molecular weight excluding hydrogens is 481 g/mol. The average Bonchev–Trinajstić information content (AvgIpc) is 3.56. The lowest BCUT2D eigenvalue weighted by molar-refractivity contribution is -0.139. The SMILES string of the molecule is O=C(NC(C(=O)N1CC(Cl)C2OCC(=O)C21)C1CCCCC1)c1ccc(-c2ccncc2F)s1. The molecule has 0 aromatic carbocycles. The molecule has 0 bridgehead atoms. The normalized spacial score (nSPS) is 25.9. The Labute approximate surface area is 205 Å². The summed E-state index contributed by atoms with van der Waals surface area (Å²) in [7, 11) is 0. The minimum Gasteiger partial charge on any atom is -0.366 e. The lowest BCUT2D eigenvalue weighted by atomic mass is 9.83. The fourth-order valence-electron chi connectivity index (χ4n) is 5.24. The highest BCUT2D eigenvalue weighted by Gasteiger charge is 2.53. The smallest absolute Gasteiger partial charge is 0.262 e. The van der Waals surface area contributed by atoms with Crippen LogP contribution in [0.15, 0.2) is 30.6 Å². The van der Waals surface area contributed by atoms with Gasteiger partial charge in [-0.15, -0.1) is 22.9 Å². The molecular formula is C24H25ClFN3O4S. The summed E-state index contributed by atoms with van der Waals surface area (Å²) in [5.74, 6) is -1.31. The molecule has 0 spiro atoms. The summed E-state index contributed by atoms with van der Waals surface area (Å²) in [5, 5.41) is 2.49. The molecule has 4 unspecified atom stereocenters. The van der Waals surface area contributed by atoms with Gasteiger partial charge in [-0.3, -0.25) is 19.4 Å². The van der Waals surface area contributed by atoms with E-state index in [2.05, 4.69) is 10.3 Å². The Morgan fingerprint density at radius 1 is 1.24 bits per heavy atom. The summed E-state index contributed by atoms with van der Waals surface area (Å²) in [4.78, 5) is 45.6. The zero-order valence-electron chi connectivity index (χ0n) is 18.4. The molecule has 0 radical (unpaired) electrons. The number of Topliss-reactive ketones (excluding diaryl/α,β-unsaturated/α-hetero) is 1. The zero-order valence-corrected chi connectivity index (χ0v) is 20.0. The lowest BCUT2D eigenvalue weighted by Crippen LogP contribution is -2.55. The van der Waals surface area contributed by atoms with E-state index in [-0.39, 0.29) is 36.7 Å². The molecule has 180 valence electrons. The maximum Gasteiger partial charge on any atom is 0.262 e. The lowest BCUT2D eigenvalue weighted by Gasteiger charge is -2.34. The van der Waals surface area contributed by atoms with Crippen molar-refractivity contribution in [2.24, 2.45) is 5.92 Å². The summed E-state index contributed by atoms with van der Waals surface area (Å²) in [5.41, 5.74) is 0.370. The van der Waals surface area contributed by atoms with Gasteiger partial charge in [-0.1, -0.05) is 19.3 Å². The van der Waals surface area contributed by atoms with Gasteiger partial charge >= 0.3 is 0 Å². The highest BCUT2D eigenvalue weighted by molar-refractivity contribution is 7.17. The first-order chi connectivity index (χ1) is 16.4. The number of halogens is 2. The number of carbonyl (C=O) groups is 3. The molecule has 10 heteroatoms. The van der Waals surface area contributed by atoms with Crippen molar-refractivity contribution in [1.29, 1.82) is 0 Å². The molecule has 1 saturated carbocycles. The van der Waals surface area contributed by atoms with Gasteiger partial charge in [-0.25, -0.2) is 4.39 Å². The van der Waals surface area contributed by atoms with E-state index in [0.29, 0.717) is 15.3 Å². The Kier molecular flexibility index (Phi) is 6.68. The second-order valence-corrected chi connectivity index (χ2v) is 10.7. The number of thiophene rings is 1. The number of carbonyl (C=O) groups excluding carboxylic acids is 3. The Balaban J connectivity index is 1.38. The van der Waals surface area contributed by atoms with Gasteiger partial charge in [0.25, 0.3) is 5.91 Å². The summed E-state index contributed by atoms with van der Waals surface area (Å²) in [6.45, 7) is 0.164. The Morgan fingerprint density at radius 3 is 2.79 bits per heavy atom. The number of pyridine rings is 1. The number of amides is 2. The molecule has 2 aliphatic heterocycles. The minimum atomic E-state index is -0.757. The quantitative estimate of drug-likeness (QED) is 0.629. The molecule has 3 fully saturated rings.